The molecule has 3 aromatic rings. The van der Waals surface area contributed by atoms with Gasteiger partial charge in [-0.05, 0) is 25.1 Å². The predicted octanol–water partition coefficient (Wildman–Crippen LogP) is 5.32. The molecule has 3 rings (SSSR count). The molecule has 24 heavy (non-hydrogen) atoms. The van der Waals surface area contributed by atoms with Crippen LogP contribution >= 0.6 is 23.2 Å². The van der Waals surface area contributed by atoms with E-state index in [0.29, 0.717) is 26.8 Å². The first kappa shape index (κ1) is 16.7. The lowest BCUT2D eigenvalue weighted by molar-refractivity contribution is 0.0614. The van der Waals surface area contributed by atoms with Gasteiger partial charge in [0.1, 0.15) is 6.07 Å². The third-order valence-corrected chi connectivity index (χ3v) is 4.52. The van der Waals surface area contributed by atoms with Crippen molar-refractivity contribution in [2.45, 2.75) is 19.4 Å². The summed E-state index contributed by atoms with van der Waals surface area (Å²) in [6.45, 7) is 2.03. The van der Waals surface area contributed by atoms with Crippen LogP contribution in [0.3, 0.4) is 0 Å². The summed E-state index contributed by atoms with van der Waals surface area (Å²) in [5.74, 6) is -3.56. The number of benzene rings is 2. The molecule has 1 heterocycles. The Hall–Kier alpha value is -2.16. The van der Waals surface area contributed by atoms with Gasteiger partial charge in [-0.1, -0.05) is 41.4 Å². The Balaban J connectivity index is 2.15. The van der Waals surface area contributed by atoms with Crippen LogP contribution in [-0.4, -0.2) is 9.78 Å². The number of rotatable bonds is 3. The quantitative estimate of drug-likeness (QED) is 0.630. The van der Waals surface area contributed by atoms with Crippen molar-refractivity contribution in [3.8, 4) is 6.07 Å². The van der Waals surface area contributed by atoms with Crippen LogP contribution in [0.2, 0.25) is 10.0 Å². The molecule has 0 saturated heterocycles. The van der Waals surface area contributed by atoms with Gasteiger partial charge in [0.05, 0.1) is 17.8 Å². The minimum atomic E-state index is -3.56. The molecule has 0 saturated carbocycles. The van der Waals surface area contributed by atoms with Crippen molar-refractivity contribution < 1.29 is 8.78 Å². The van der Waals surface area contributed by atoms with Gasteiger partial charge in [-0.15, -0.1) is 0 Å². The molecule has 3 nitrogen and oxygen atoms in total. The Morgan fingerprint density at radius 2 is 1.88 bits per heavy atom. The van der Waals surface area contributed by atoms with Crippen LogP contribution in [0, 0.1) is 18.3 Å². The topological polar surface area (TPSA) is 41.6 Å². The van der Waals surface area contributed by atoms with Crippen LogP contribution in [0.5, 0.6) is 0 Å². The van der Waals surface area contributed by atoms with Crippen molar-refractivity contribution >= 4 is 34.1 Å². The number of halogens is 4. The van der Waals surface area contributed by atoms with Crippen LogP contribution in [0.1, 0.15) is 16.8 Å². The van der Waals surface area contributed by atoms with Gasteiger partial charge < -0.3 is 0 Å². The number of hydrogen-bond donors (Lipinski definition) is 0. The first-order valence-electron chi connectivity index (χ1n) is 7.03. The van der Waals surface area contributed by atoms with Gasteiger partial charge in [0.15, 0.2) is 0 Å². The summed E-state index contributed by atoms with van der Waals surface area (Å²) in [4.78, 5) is 0. The van der Waals surface area contributed by atoms with E-state index in [1.807, 2.05) is 0 Å². The van der Waals surface area contributed by atoms with Gasteiger partial charge in [0.25, 0.3) is 0 Å². The zero-order valence-electron chi connectivity index (χ0n) is 12.5. The van der Waals surface area contributed by atoms with Crippen LogP contribution in [-0.2, 0) is 12.5 Å². The van der Waals surface area contributed by atoms with E-state index in [0.717, 1.165) is 11.5 Å². The molecular weight excluding hydrogens is 355 g/mol. The number of aryl methyl sites for hydroxylation is 1. The van der Waals surface area contributed by atoms with Crippen molar-refractivity contribution in [3.05, 3.63) is 63.3 Å². The van der Waals surface area contributed by atoms with Crippen LogP contribution < -0.4 is 0 Å². The molecule has 0 aliphatic heterocycles. The van der Waals surface area contributed by atoms with Gasteiger partial charge in [0.2, 0.25) is 0 Å². The van der Waals surface area contributed by atoms with Crippen molar-refractivity contribution in [2.24, 2.45) is 0 Å². The smallest absolute Gasteiger partial charge is 0.260 e. The lowest BCUT2D eigenvalue weighted by Crippen LogP contribution is -2.10. The molecule has 0 unspecified atom stereocenters. The molecule has 0 aliphatic rings. The molecule has 0 radical (unpaired) electrons. The molecule has 1 aromatic heterocycles. The maximum absolute atomic E-state index is 13.7. The van der Waals surface area contributed by atoms with E-state index in [-0.39, 0.29) is 12.1 Å². The third-order valence-electron chi connectivity index (χ3n) is 3.81. The van der Waals surface area contributed by atoms with Gasteiger partial charge >= 0.3 is 5.92 Å². The summed E-state index contributed by atoms with van der Waals surface area (Å²) in [5.41, 5.74) is 1.47. The minimum Gasteiger partial charge on any atom is -0.260 e. The monoisotopic (exact) mass is 365 g/mol. The van der Waals surface area contributed by atoms with Crippen molar-refractivity contribution in [1.82, 2.24) is 9.78 Å². The molecule has 2 aromatic carbocycles. The van der Waals surface area contributed by atoms with Gasteiger partial charge in [-0.3, -0.25) is 4.68 Å². The molecule has 0 atom stereocenters. The largest absolute Gasteiger partial charge is 0.357 e. The fraction of sp³-hybridized carbons (Fsp3) is 0.176. The molecule has 0 amide bonds. The average Bonchev–Trinajstić information content (AvgIpc) is 2.87. The highest BCUT2D eigenvalue weighted by Gasteiger charge is 2.31. The van der Waals surface area contributed by atoms with E-state index in [4.69, 9.17) is 28.5 Å². The second-order valence-electron chi connectivity index (χ2n) is 5.36. The number of nitrogens with zero attached hydrogens (tertiary/aromatic N) is 3. The van der Waals surface area contributed by atoms with Crippen molar-refractivity contribution in [1.29, 1.82) is 5.26 Å². The summed E-state index contributed by atoms with van der Waals surface area (Å²) in [6, 6.07) is 10.2. The Morgan fingerprint density at radius 1 is 1.21 bits per heavy atom. The molecule has 0 spiro atoms. The Morgan fingerprint density at radius 3 is 2.50 bits per heavy atom. The van der Waals surface area contributed by atoms with Gasteiger partial charge in [0, 0.05) is 26.6 Å². The fourth-order valence-corrected chi connectivity index (χ4v) is 3.07. The lowest BCUT2D eigenvalue weighted by Gasteiger charge is -2.10. The normalized spacial score (nSPS) is 11.7. The van der Waals surface area contributed by atoms with E-state index < -0.39 is 5.92 Å². The van der Waals surface area contributed by atoms with Crippen LogP contribution in [0.25, 0.3) is 10.9 Å². The highest BCUT2D eigenvalue weighted by Crippen LogP contribution is 2.32. The lowest BCUT2D eigenvalue weighted by atomic mass is 10.1. The number of nitriles is 1. The molecule has 0 bridgehead atoms. The van der Waals surface area contributed by atoms with E-state index in [9.17, 15) is 8.78 Å². The second-order valence-corrected chi connectivity index (χ2v) is 6.18. The molecule has 0 N–H and O–H groups in total. The highest BCUT2D eigenvalue weighted by atomic mass is 35.5. The Bertz CT molecular complexity index is 954. The number of aromatic nitrogens is 2. The molecule has 0 fully saturated rings. The Kier molecular flexibility index (Phi) is 4.20. The maximum Gasteiger partial charge on any atom is 0.357 e. The second kappa shape index (κ2) is 6.04. The van der Waals surface area contributed by atoms with Crippen molar-refractivity contribution in [3.63, 3.8) is 0 Å². The summed E-state index contributed by atoms with van der Waals surface area (Å²) < 4.78 is 28.9. The minimum absolute atomic E-state index is 0.241. The molecule has 122 valence electrons. The van der Waals surface area contributed by atoms with Gasteiger partial charge in [-0.25, -0.2) is 0 Å². The summed E-state index contributed by atoms with van der Waals surface area (Å²) in [7, 11) is 0. The Labute approximate surface area is 147 Å². The van der Waals surface area contributed by atoms with E-state index in [1.165, 1.54) is 12.1 Å². The number of alkyl halides is 2. The summed E-state index contributed by atoms with van der Waals surface area (Å²) in [5, 5.41) is 14.7. The zero-order valence-corrected chi connectivity index (χ0v) is 14.0. The zero-order chi connectivity index (χ0) is 17.5. The van der Waals surface area contributed by atoms with Crippen LogP contribution in [0.4, 0.5) is 8.78 Å². The molecule has 0 aliphatic carbocycles. The first-order valence-corrected chi connectivity index (χ1v) is 7.78. The molecular formula is C17H11Cl2F2N3. The van der Waals surface area contributed by atoms with E-state index in [2.05, 4.69) is 5.10 Å². The van der Waals surface area contributed by atoms with Gasteiger partial charge in [-0.2, -0.15) is 19.1 Å². The van der Waals surface area contributed by atoms with E-state index in [1.54, 1.807) is 35.9 Å². The maximum atomic E-state index is 13.7. The van der Waals surface area contributed by atoms with E-state index >= 15 is 0 Å². The predicted molar refractivity (Wildman–Crippen MR) is 89.5 cm³/mol. The number of hydrogen-bond acceptors (Lipinski definition) is 2. The highest BCUT2D eigenvalue weighted by molar-refractivity contribution is 6.36. The van der Waals surface area contributed by atoms with Crippen LogP contribution in [0.15, 0.2) is 36.4 Å². The SMILES string of the molecule is Cc1nn(Cc2c(Cl)cccc2Cl)c2cc(C(F)(F)C#N)ccc12. The fourth-order valence-electron chi connectivity index (χ4n) is 2.55. The van der Waals surface area contributed by atoms with Crippen molar-refractivity contribution in [2.75, 3.05) is 0 Å². The number of fused-ring (bicyclic) bond motifs is 1. The average molecular weight is 366 g/mol. The standard InChI is InChI=1S/C17H11Cl2F2N3/c1-10-12-6-5-11(17(20,21)9-22)7-16(12)24(23-10)8-13-14(18)3-2-4-15(13)19/h2-7H,8H2,1H3. The third kappa shape index (κ3) is 2.83. The molecule has 7 heteroatoms. The summed E-state index contributed by atoms with van der Waals surface area (Å²) >= 11 is 12.4. The summed E-state index contributed by atoms with van der Waals surface area (Å²) in [6.07, 6.45) is 0. The first-order chi connectivity index (χ1) is 11.3.